The molecule has 0 unspecified atom stereocenters. The van der Waals surface area contributed by atoms with Gasteiger partial charge in [0.25, 0.3) is 11.5 Å². The number of hydrogen-bond acceptors (Lipinski definition) is 5. The molecule has 1 aliphatic heterocycles. The minimum atomic E-state index is -0.177. The van der Waals surface area contributed by atoms with Gasteiger partial charge in [0.05, 0.1) is 17.0 Å². The third-order valence-corrected chi connectivity index (χ3v) is 5.74. The average molecular weight is 346 g/mol. The van der Waals surface area contributed by atoms with Crippen molar-refractivity contribution >= 4 is 17.2 Å². The SMILES string of the molecule is Cc1nc(-c2c(C)c(C)nn(C)c2=O)sc1C(=O)N1CCCCC1. The fourth-order valence-electron chi connectivity index (χ4n) is 3.04. The highest BCUT2D eigenvalue weighted by atomic mass is 32.1. The molecule has 24 heavy (non-hydrogen) atoms. The van der Waals surface area contributed by atoms with Gasteiger partial charge in [-0.1, -0.05) is 0 Å². The van der Waals surface area contributed by atoms with Gasteiger partial charge in [0.2, 0.25) is 0 Å². The molecule has 3 heterocycles. The lowest BCUT2D eigenvalue weighted by Gasteiger charge is -2.26. The van der Waals surface area contributed by atoms with Crippen molar-refractivity contribution in [2.75, 3.05) is 13.1 Å². The molecule has 0 radical (unpaired) electrons. The zero-order valence-corrected chi connectivity index (χ0v) is 15.4. The maximum atomic E-state index is 12.8. The lowest BCUT2D eigenvalue weighted by Crippen LogP contribution is -2.35. The van der Waals surface area contributed by atoms with E-state index in [-0.39, 0.29) is 11.5 Å². The van der Waals surface area contributed by atoms with E-state index in [0.29, 0.717) is 21.1 Å². The summed E-state index contributed by atoms with van der Waals surface area (Å²) < 4.78 is 1.33. The molecule has 1 aliphatic rings. The molecule has 1 saturated heterocycles. The topological polar surface area (TPSA) is 68.1 Å². The summed E-state index contributed by atoms with van der Waals surface area (Å²) in [4.78, 5) is 32.3. The van der Waals surface area contributed by atoms with E-state index in [2.05, 4.69) is 10.1 Å². The number of amides is 1. The van der Waals surface area contributed by atoms with Gasteiger partial charge in [-0.05, 0) is 45.6 Å². The zero-order chi connectivity index (χ0) is 17.4. The molecule has 1 amide bonds. The quantitative estimate of drug-likeness (QED) is 0.838. The molecule has 2 aromatic heterocycles. The highest BCUT2D eigenvalue weighted by Gasteiger charge is 2.25. The van der Waals surface area contributed by atoms with E-state index in [1.165, 1.54) is 22.4 Å². The Balaban J connectivity index is 2.04. The van der Waals surface area contributed by atoms with E-state index in [4.69, 9.17) is 0 Å². The predicted octanol–water partition coefficient (Wildman–Crippen LogP) is 2.46. The van der Waals surface area contributed by atoms with E-state index in [0.717, 1.165) is 37.2 Å². The fraction of sp³-hybridized carbons (Fsp3) is 0.529. The van der Waals surface area contributed by atoms with Crippen molar-refractivity contribution in [1.82, 2.24) is 19.7 Å². The number of hydrogen-bond donors (Lipinski definition) is 0. The Labute approximate surface area is 145 Å². The Morgan fingerprint density at radius 3 is 2.42 bits per heavy atom. The van der Waals surface area contributed by atoms with Crippen LogP contribution >= 0.6 is 11.3 Å². The molecule has 0 aliphatic carbocycles. The van der Waals surface area contributed by atoms with Crippen LogP contribution in [0.1, 0.15) is 45.9 Å². The summed E-state index contributed by atoms with van der Waals surface area (Å²) in [7, 11) is 1.64. The number of carbonyl (C=O) groups excluding carboxylic acids is 1. The first-order chi connectivity index (χ1) is 11.4. The van der Waals surface area contributed by atoms with Gasteiger partial charge in [-0.3, -0.25) is 9.59 Å². The van der Waals surface area contributed by atoms with Crippen LogP contribution in [0.5, 0.6) is 0 Å². The number of piperidine rings is 1. The zero-order valence-electron chi connectivity index (χ0n) is 14.5. The standard InChI is InChI=1S/C17H22N4O2S/c1-10-11(2)19-20(4)16(22)13(10)15-18-12(3)14(24-15)17(23)21-8-6-5-7-9-21/h5-9H2,1-4H3. The first kappa shape index (κ1) is 16.8. The molecular formula is C17H22N4O2S. The lowest BCUT2D eigenvalue weighted by atomic mass is 10.1. The second-order valence-corrected chi connectivity index (χ2v) is 7.30. The predicted molar refractivity (Wildman–Crippen MR) is 94.6 cm³/mol. The van der Waals surface area contributed by atoms with Gasteiger partial charge in [-0.2, -0.15) is 5.10 Å². The minimum absolute atomic E-state index is 0.0382. The lowest BCUT2D eigenvalue weighted by molar-refractivity contribution is 0.0728. The van der Waals surface area contributed by atoms with Gasteiger partial charge >= 0.3 is 0 Å². The summed E-state index contributed by atoms with van der Waals surface area (Å²) >= 11 is 1.32. The number of aryl methyl sites for hydroxylation is 3. The second-order valence-electron chi connectivity index (χ2n) is 6.30. The molecule has 6 nitrogen and oxygen atoms in total. The number of rotatable bonds is 2. The Kier molecular flexibility index (Phi) is 4.54. The molecule has 128 valence electrons. The third kappa shape index (κ3) is 2.88. The number of likely N-dealkylation sites (tertiary alicyclic amines) is 1. The van der Waals surface area contributed by atoms with Crippen LogP contribution in [0, 0.1) is 20.8 Å². The molecule has 3 rings (SSSR count). The van der Waals surface area contributed by atoms with Crippen molar-refractivity contribution in [2.24, 2.45) is 7.05 Å². The molecule has 1 fully saturated rings. The maximum Gasteiger partial charge on any atom is 0.277 e. The Bertz CT molecular complexity index is 847. The van der Waals surface area contributed by atoms with Crippen LogP contribution in [0.4, 0.5) is 0 Å². The van der Waals surface area contributed by atoms with Crippen molar-refractivity contribution in [3.8, 4) is 10.6 Å². The first-order valence-corrected chi connectivity index (χ1v) is 9.03. The van der Waals surface area contributed by atoms with Crippen molar-refractivity contribution in [2.45, 2.75) is 40.0 Å². The van der Waals surface area contributed by atoms with E-state index in [1.54, 1.807) is 7.05 Å². The molecule has 0 spiro atoms. The molecule has 2 aromatic rings. The van der Waals surface area contributed by atoms with Crippen molar-refractivity contribution in [1.29, 1.82) is 0 Å². The van der Waals surface area contributed by atoms with Crippen LogP contribution in [0.25, 0.3) is 10.6 Å². The highest BCUT2D eigenvalue weighted by molar-refractivity contribution is 7.17. The van der Waals surface area contributed by atoms with Gasteiger partial charge in [0, 0.05) is 20.1 Å². The summed E-state index contributed by atoms with van der Waals surface area (Å²) in [5, 5.41) is 4.81. The number of carbonyl (C=O) groups is 1. The Morgan fingerprint density at radius 2 is 1.75 bits per heavy atom. The molecule has 0 bridgehead atoms. The normalized spacial score (nSPS) is 14.9. The minimum Gasteiger partial charge on any atom is -0.338 e. The summed E-state index contributed by atoms with van der Waals surface area (Å²) in [6.45, 7) is 7.20. The molecule has 0 N–H and O–H groups in total. The molecular weight excluding hydrogens is 324 g/mol. The largest absolute Gasteiger partial charge is 0.338 e. The van der Waals surface area contributed by atoms with Crippen LogP contribution in [-0.2, 0) is 7.05 Å². The van der Waals surface area contributed by atoms with Crippen LogP contribution in [0.15, 0.2) is 4.79 Å². The van der Waals surface area contributed by atoms with Gasteiger partial charge in [0.1, 0.15) is 9.88 Å². The third-order valence-electron chi connectivity index (χ3n) is 4.57. The monoisotopic (exact) mass is 346 g/mol. The maximum absolute atomic E-state index is 12.8. The summed E-state index contributed by atoms with van der Waals surface area (Å²) in [5.74, 6) is 0.0382. The van der Waals surface area contributed by atoms with Gasteiger partial charge in [-0.25, -0.2) is 9.67 Å². The number of aromatic nitrogens is 3. The van der Waals surface area contributed by atoms with Crippen molar-refractivity contribution < 1.29 is 4.79 Å². The van der Waals surface area contributed by atoms with Crippen molar-refractivity contribution in [3.63, 3.8) is 0 Å². The number of thiazole rings is 1. The van der Waals surface area contributed by atoms with E-state index in [9.17, 15) is 9.59 Å². The second kappa shape index (κ2) is 6.47. The Hall–Kier alpha value is -2.02. The van der Waals surface area contributed by atoms with Crippen LogP contribution in [-0.4, -0.2) is 38.7 Å². The van der Waals surface area contributed by atoms with Crippen LogP contribution < -0.4 is 5.56 Å². The van der Waals surface area contributed by atoms with Crippen molar-refractivity contribution in [3.05, 3.63) is 32.2 Å². The summed E-state index contributed by atoms with van der Waals surface area (Å²) in [6.07, 6.45) is 3.29. The van der Waals surface area contributed by atoms with E-state index >= 15 is 0 Å². The van der Waals surface area contributed by atoms with Crippen LogP contribution in [0.3, 0.4) is 0 Å². The van der Waals surface area contributed by atoms with E-state index < -0.39 is 0 Å². The number of nitrogens with zero attached hydrogens (tertiary/aromatic N) is 4. The van der Waals surface area contributed by atoms with Gasteiger partial charge in [-0.15, -0.1) is 11.3 Å². The van der Waals surface area contributed by atoms with Gasteiger partial charge < -0.3 is 4.90 Å². The molecule has 0 atom stereocenters. The average Bonchev–Trinajstić information content (AvgIpc) is 2.95. The van der Waals surface area contributed by atoms with E-state index in [1.807, 2.05) is 25.7 Å². The van der Waals surface area contributed by atoms with Crippen LogP contribution in [0.2, 0.25) is 0 Å². The Morgan fingerprint density at radius 1 is 1.08 bits per heavy atom. The van der Waals surface area contributed by atoms with Gasteiger partial charge in [0.15, 0.2) is 0 Å². The highest BCUT2D eigenvalue weighted by Crippen LogP contribution is 2.30. The molecule has 0 saturated carbocycles. The molecule has 7 heteroatoms. The fourth-order valence-corrected chi connectivity index (χ4v) is 4.17. The molecule has 0 aromatic carbocycles. The summed E-state index contributed by atoms with van der Waals surface area (Å²) in [5.41, 5.74) is 2.69. The smallest absolute Gasteiger partial charge is 0.277 e. The first-order valence-electron chi connectivity index (χ1n) is 8.21. The summed E-state index contributed by atoms with van der Waals surface area (Å²) in [6, 6.07) is 0.